The molecule has 0 heterocycles. The van der Waals surface area contributed by atoms with Gasteiger partial charge in [0, 0.05) is 0 Å². The smallest absolute Gasteiger partial charge is 0.303 e. The van der Waals surface area contributed by atoms with E-state index in [1.165, 1.54) is 19.3 Å². The summed E-state index contributed by atoms with van der Waals surface area (Å²) in [5, 5.41) is 0. The Balaban J connectivity index is 0.000000130. The van der Waals surface area contributed by atoms with Crippen molar-refractivity contribution in [2.75, 3.05) is 0 Å². The number of allylic oxidation sites excluding steroid dienone is 2. The highest BCUT2D eigenvalue weighted by atomic mass is 31.2. The molecule has 3 N–H and O–H groups in total. The summed E-state index contributed by atoms with van der Waals surface area (Å²) >= 11 is 0. The lowest BCUT2D eigenvalue weighted by Gasteiger charge is -1.96. The minimum absolute atomic E-state index is 0.991. The van der Waals surface area contributed by atoms with Gasteiger partial charge in [0.25, 0.3) is 0 Å². The van der Waals surface area contributed by atoms with Gasteiger partial charge in [-0.25, -0.2) is 4.57 Å². The van der Waals surface area contributed by atoms with Gasteiger partial charge in [0.15, 0.2) is 0 Å². The Hall–Kier alpha value is -0.150. The van der Waals surface area contributed by atoms with Gasteiger partial charge in [-0.2, -0.15) is 0 Å². The zero-order valence-corrected chi connectivity index (χ0v) is 7.52. The molecule has 2 aliphatic rings. The van der Waals surface area contributed by atoms with Crippen molar-refractivity contribution in [3.63, 3.8) is 0 Å². The van der Waals surface area contributed by atoms with Gasteiger partial charge in [-0.3, -0.25) is 0 Å². The van der Waals surface area contributed by atoms with E-state index in [1.54, 1.807) is 0 Å². The van der Waals surface area contributed by atoms with E-state index in [0.29, 0.717) is 0 Å². The van der Waals surface area contributed by atoms with Crippen LogP contribution in [0.25, 0.3) is 0 Å². The maximum atomic E-state index is 8.88. The molecule has 0 aromatic heterocycles. The summed E-state index contributed by atoms with van der Waals surface area (Å²) in [6.45, 7) is 0. The van der Waals surface area contributed by atoms with Crippen molar-refractivity contribution in [3.05, 3.63) is 12.2 Å². The Morgan fingerprint density at radius 3 is 1.50 bits per heavy atom. The summed E-state index contributed by atoms with van der Waals surface area (Å²) in [6, 6.07) is 0. The van der Waals surface area contributed by atoms with Crippen molar-refractivity contribution in [3.8, 4) is 0 Å². The minimum atomic E-state index is -4.64. The molecule has 0 aromatic rings. The van der Waals surface area contributed by atoms with Crippen molar-refractivity contribution < 1.29 is 19.2 Å². The Morgan fingerprint density at radius 1 is 1.08 bits per heavy atom. The Labute approximate surface area is 71.2 Å². The summed E-state index contributed by atoms with van der Waals surface area (Å²) in [5.41, 5.74) is 0. The molecule has 0 aliphatic heterocycles. The first-order chi connectivity index (χ1) is 5.45. The summed E-state index contributed by atoms with van der Waals surface area (Å²) in [7, 11) is -4.64. The van der Waals surface area contributed by atoms with Gasteiger partial charge < -0.3 is 14.7 Å². The van der Waals surface area contributed by atoms with E-state index in [4.69, 9.17) is 19.2 Å². The predicted molar refractivity (Wildman–Crippen MR) is 44.2 cm³/mol. The summed E-state index contributed by atoms with van der Waals surface area (Å²) in [5.74, 6) is 1.98. The molecule has 2 rings (SSSR count). The van der Waals surface area contributed by atoms with Crippen molar-refractivity contribution in [1.82, 2.24) is 0 Å². The maximum Gasteiger partial charge on any atom is 0.466 e. The lowest BCUT2D eigenvalue weighted by Crippen LogP contribution is -1.82. The van der Waals surface area contributed by atoms with Gasteiger partial charge in [-0.05, 0) is 31.1 Å². The average Bonchev–Trinajstić information content (AvgIpc) is 2.42. The van der Waals surface area contributed by atoms with Crippen LogP contribution in [-0.2, 0) is 4.57 Å². The molecule has 12 heavy (non-hydrogen) atoms. The first kappa shape index (κ1) is 9.93. The molecule has 1 saturated carbocycles. The minimum Gasteiger partial charge on any atom is -0.303 e. The van der Waals surface area contributed by atoms with Crippen LogP contribution in [0.2, 0.25) is 0 Å². The molecule has 0 aromatic carbocycles. The fourth-order valence-corrected chi connectivity index (χ4v) is 1.72. The normalized spacial score (nSPS) is 31.6. The Bertz CT molecular complexity index is 199. The summed E-state index contributed by atoms with van der Waals surface area (Å²) in [4.78, 5) is 21.6. The maximum absolute atomic E-state index is 8.88. The van der Waals surface area contributed by atoms with Gasteiger partial charge >= 0.3 is 7.82 Å². The molecule has 0 amide bonds. The second-order valence-electron chi connectivity index (χ2n) is 3.23. The second kappa shape index (κ2) is 3.71. The molecule has 4 nitrogen and oxygen atoms in total. The van der Waals surface area contributed by atoms with E-state index in [1.807, 2.05) is 0 Å². The first-order valence-corrected chi connectivity index (χ1v) is 5.48. The molecule has 0 spiro atoms. The topological polar surface area (TPSA) is 77.8 Å². The van der Waals surface area contributed by atoms with Crippen molar-refractivity contribution in [2.24, 2.45) is 11.8 Å². The van der Waals surface area contributed by atoms with Crippen LogP contribution in [0.3, 0.4) is 0 Å². The van der Waals surface area contributed by atoms with Crippen LogP contribution in [-0.4, -0.2) is 14.7 Å². The van der Waals surface area contributed by atoms with Crippen LogP contribution < -0.4 is 0 Å². The van der Waals surface area contributed by atoms with Crippen molar-refractivity contribution in [1.29, 1.82) is 0 Å². The zero-order valence-electron chi connectivity index (χ0n) is 6.63. The molecule has 0 radical (unpaired) electrons. The van der Waals surface area contributed by atoms with Gasteiger partial charge in [-0.15, -0.1) is 0 Å². The van der Waals surface area contributed by atoms with Crippen LogP contribution in [0, 0.1) is 11.8 Å². The molecule has 2 atom stereocenters. The van der Waals surface area contributed by atoms with Crippen LogP contribution in [0.5, 0.6) is 0 Å². The average molecular weight is 192 g/mol. The number of rotatable bonds is 0. The first-order valence-electron chi connectivity index (χ1n) is 3.92. The summed E-state index contributed by atoms with van der Waals surface area (Å²) < 4.78 is 8.88. The highest BCUT2D eigenvalue weighted by Crippen LogP contribution is 2.38. The van der Waals surface area contributed by atoms with Crippen LogP contribution >= 0.6 is 7.82 Å². The van der Waals surface area contributed by atoms with E-state index in [9.17, 15) is 0 Å². The number of hydrogen-bond acceptors (Lipinski definition) is 1. The van der Waals surface area contributed by atoms with Crippen LogP contribution in [0.4, 0.5) is 0 Å². The van der Waals surface area contributed by atoms with Gasteiger partial charge in [0.2, 0.25) is 0 Å². The zero-order chi connectivity index (χ0) is 9.19. The van der Waals surface area contributed by atoms with E-state index in [2.05, 4.69) is 12.2 Å². The van der Waals surface area contributed by atoms with Crippen LogP contribution in [0.1, 0.15) is 19.3 Å². The SMILES string of the molecule is C1=CC2CCC1C2.O=P(O)(O)O. The number of fused-ring (bicyclic) bond motifs is 2. The largest absolute Gasteiger partial charge is 0.466 e. The molecule has 5 heteroatoms. The van der Waals surface area contributed by atoms with Crippen LogP contribution in [0.15, 0.2) is 12.2 Å². The van der Waals surface area contributed by atoms with Crippen molar-refractivity contribution in [2.45, 2.75) is 19.3 Å². The standard InChI is InChI=1S/C7H10.H3O4P/c1-2-7-4-3-6(1)5-7;1-5(2,3)4/h1-2,6-7H,3-5H2;(H3,1,2,3,4). The highest BCUT2D eigenvalue weighted by Gasteiger charge is 2.25. The molecule has 0 saturated heterocycles. The van der Waals surface area contributed by atoms with E-state index in [0.717, 1.165) is 11.8 Å². The van der Waals surface area contributed by atoms with E-state index < -0.39 is 7.82 Å². The van der Waals surface area contributed by atoms with Gasteiger partial charge in [-0.1, -0.05) is 12.2 Å². The monoisotopic (exact) mass is 192 g/mol. The third-order valence-corrected chi connectivity index (χ3v) is 2.17. The molecule has 2 bridgehead atoms. The second-order valence-corrected chi connectivity index (χ2v) is 4.26. The summed E-state index contributed by atoms with van der Waals surface area (Å²) in [6.07, 6.45) is 9.19. The fraction of sp³-hybridized carbons (Fsp3) is 0.714. The number of hydrogen-bond donors (Lipinski definition) is 3. The Morgan fingerprint density at radius 2 is 1.42 bits per heavy atom. The van der Waals surface area contributed by atoms with Gasteiger partial charge in [0.05, 0.1) is 0 Å². The molecular formula is C7H13O4P. The van der Waals surface area contributed by atoms with E-state index >= 15 is 0 Å². The molecule has 2 aliphatic carbocycles. The quantitative estimate of drug-likeness (QED) is 0.396. The predicted octanol–water partition coefficient (Wildman–Crippen LogP) is 1.04. The lowest BCUT2D eigenvalue weighted by molar-refractivity contribution is 0.275. The highest BCUT2D eigenvalue weighted by molar-refractivity contribution is 7.45. The molecule has 2 unspecified atom stereocenters. The molecule has 1 fully saturated rings. The third-order valence-electron chi connectivity index (χ3n) is 2.17. The molecular weight excluding hydrogens is 179 g/mol. The lowest BCUT2D eigenvalue weighted by atomic mass is 10.1. The fourth-order valence-electron chi connectivity index (χ4n) is 1.72. The molecule has 70 valence electrons. The number of phosphoric acid groups is 1. The van der Waals surface area contributed by atoms with Crippen molar-refractivity contribution >= 4 is 7.82 Å². The third kappa shape index (κ3) is 4.02. The van der Waals surface area contributed by atoms with E-state index in [-0.39, 0.29) is 0 Å². The van der Waals surface area contributed by atoms with Gasteiger partial charge in [0.1, 0.15) is 0 Å². The Kier molecular flexibility index (Phi) is 3.07.